The lowest BCUT2D eigenvalue weighted by Crippen LogP contribution is -2.41. The van der Waals surface area contributed by atoms with Crippen molar-refractivity contribution in [2.24, 2.45) is 5.92 Å². The molecule has 1 saturated heterocycles. The van der Waals surface area contributed by atoms with Gasteiger partial charge in [0, 0.05) is 19.7 Å². The molecular formula is C14H17ClFNO3. The molecule has 0 radical (unpaired) electrons. The molecule has 1 aliphatic heterocycles. The molecular weight excluding hydrogens is 285 g/mol. The van der Waals surface area contributed by atoms with E-state index < -0.39 is 5.82 Å². The first kappa shape index (κ1) is 15.1. The minimum atomic E-state index is -0.445. The zero-order valence-corrected chi connectivity index (χ0v) is 11.8. The largest absolute Gasteiger partial charge is 0.482 e. The van der Waals surface area contributed by atoms with Crippen LogP contribution >= 0.6 is 11.6 Å². The molecule has 1 aromatic carbocycles. The minimum Gasteiger partial charge on any atom is -0.482 e. The summed E-state index contributed by atoms with van der Waals surface area (Å²) in [5.41, 5.74) is 0. The fourth-order valence-corrected chi connectivity index (χ4v) is 2.41. The molecule has 0 aromatic heterocycles. The Hall–Kier alpha value is -1.33. The summed E-state index contributed by atoms with van der Waals surface area (Å²) < 4.78 is 18.2. The number of likely N-dealkylation sites (tertiary alicyclic amines) is 1. The third-order valence-corrected chi connectivity index (χ3v) is 3.77. The van der Waals surface area contributed by atoms with Gasteiger partial charge in [-0.25, -0.2) is 4.39 Å². The van der Waals surface area contributed by atoms with E-state index in [-0.39, 0.29) is 30.1 Å². The maximum atomic E-state index is 12.9. The van der Waals surface area contributed by atoms with Gasteiger partial charge in [0.15, 0.2) is 6.61 Å². The maximum absolute atomic E-state index is 12.9. The summed E-state index contributed by atoms with van der Waals surface area (Å²) >= 11 is 5.82. The number of rotatable bonds is 4. The average molecular weight is 302 g/mol. The van der Waals surface area contributed by atoms with E-state index in [2.05, 4.69) is 0 Å². The highest BCUT2D eigenvalue weighted by Crippen LogP contribution is 2.25. The van der Waals surface area contributed by atoms with Crippen LogP contribution in [0.4, 0.5) is 4.39 Å². The Bertz CT molecular complexity index is 475. The number of ether oxygens (including phenoxy) is 1. The highest BCUT2D eigenvalue weighted by Gasteiger charge is 2.22. The molecule has 6 heteroatoms. The Balaban J connectivity index is 1.83. The molecule has 0 aliphatic carbocycles. The number of piperidine rings is 1. The normalized spacial score (nSPS) is 16.2. The SMILES string of the molecule is O=C(COc1ccc(F)cc1Cl)N1CCC(CO)CC1. The first-order valence-corrected chi connectivity index (χ1v) is 6.94. The number of nitrogens with zero attached hydrogens (tertiary/aromatic N) is 1. The van der Waals surface area contributed by atoms with Crippen LogP contribution in [0.5, 0.6) is 5.75 Å². The van der Waals surface area contributed by atoms with E-state index in [9.17, 15) is 9.18 Å². The van der Waals surface area contributed by atoms with Crippen LogP contribution in [0, 0.1) is 11.7 Å². The summed E-state index contributed by atoms with van der Waals surface area (Å²) in [6.07, 6.45) is 1.61. The molecule has 1 aromatic rings. The van der Waals surface area contributed by atoms with E-state index in [1.54, 1.807) is 4.90 Å². The number of carbonyl (C=O) groups is 1. The lowest BCUT2D eigenvalue weighted by atomic mass is 9.98. The molecule has 0 saturated carbocycles. The van der Waals surface area contributed by atoms with Crippen molar-refractivity contribution < 1.29 is 19.0 Å². The van der Waals surface area contributed by atoms with Crippen LogP contribution in [-0.2, 0) is 4.79 Å². The van der Waals surface area contributed by atoms with Crippen molar-refractivity contribution >= 4 is 17.5 Å². The van der Waals surface area contributed by atoms with Crippen LogP contribution in [0.15, 0.2) is 18.2 Å². The van der Waals surface area contributed by atoms with E-state index in [1.165, 1.54) is 12.1 Å². The Morgan fingerprint density at radius 3 is 2.75 bits per heavy atom. The average Bonchev–Trinajstić information content (AvgIpc) is 2.46. The van der Waals surface area contributed by atoms with Gasteiger partial charge in [0.05, 0.1) is 5.02 Å². The summed E-state index contributed by atoms with van der Waals surface area (Å²) in [4.78, 5) is 13.7. The molecule has 1 N–H and O–H groups in total. The van der Waals surface area contributed by atoms with Crippen molar-refractivity contribution in [3.8, 4) is 5.75 Å². The van der Waals surface area contributed by atoms with E-state index in [4.69, 9.17) is 21.4 Å². The van der Waals surface area contributed by atoms with Crippen molar-refractivity contribution in [3.63, 3.8) is 0 Å². The van der Waals surface area contributed by atoms with Gasteiger partial charge in [-0.2, -0.15) is 0 Å². The van der Waals surface area contributed by atoms with Crippen molar-refractivity contribution in [1.29, 1.82) is 0 Å². The molecule has 0 spiro atoms. The molecule has 1 heterocycles. The van der Waals surface area contributed by atoms with Gasteiger partial charge in [0.1, 0.15) is 11.6 Å². The lowest BCUT2D eigenvalue weighted by molar-refractivity contribution is -0.134. The van der Waals surface area contributed by atoms with Gasteiger partial charge >= 0.3 is 0 Å². The summed E-state index contributed by atoms with van der Waals surface area (Å²) in [6, 6.07) is 3.79. The lowest BCUT2D eigenvalue weighted by Gasteiger charge is -2.31. The van der Waals surface area contributed by atoms with E-state index >= 15 is 0 Å². The second-order valence-corrected chi connectivity index (χ2v) is 5.28. The van der Waals surface area contributed by atoms with Crippen LogP contribution in [0.2, 0.25) is 5.02 Å². The molecule has 0 atom stereocenters. The standard InChI is InChI=1S/C14H17ClFNO3/c15-12-7-11(16)1-2-13(12)20-9-14(19)17-5-3-10(8-18)4-6-17/h1-2,7,10,18H,3-6,8-9H2. The highest BCUT2D eigenvalue weighted by molar-refractivity contribution is 6.32. The summed E-state index contributed by atoms with van der Waals surface area (Å²) in [6.45, 7) is 1.31. The fourth-order valence-electron chi connectivity index (χ4n) is 2.19. The topological polar surface area (TPSA) is 49.8 Å². The number of aliphatic hydroxyl groups excluding tert-OH is 1. The molecule has 1 aliphatic rings. The molecule has 1 amide bonds. The first-order valence-electron chi connectivity index (χ1n) is 6.56. The Labute approximate surface area is 122 Å². The maximum Gasteiger partial charge on any atom is 0.260 e. The van der Waals surface area contributed by atoms with Gasteiger partial charge in [0.25, 0.3) is 5.91 Å². The van der Waals surface area contributed by atoms with E-state index in [0.717, 1.165) is 18.9 Å². The van der Waals surface area contributed by atoms with Crippen LogP contribution in [0.1, 0.15) is 12.8 Å². The van der Waals surface area contributed by atoms with Gasteiger partial charge in [-0.05, 0) is 37.0 Å². The monoisotopic (exact) mass is 301 g/mol. The van der Waals surface area contributed by atoms with Gasteiger partial charge < -0.3 is 14.7 Å². The van der Waals surface area contributed by atoms with E-state index in [0.29, 0.717) is 18.8 Å². The predicted octanol–water partition coefficient (Wildman–Crippen LogP) is 2.09. The summed E-state index contributed by atoms with van der Waals surface area (Å²) in [5, 5.41) is 9.20. The molecule has 0 bridgehead atoms. The van der Waals surface area contributed by atoms with Crippen LogP contribution in [0.3, 0.4) is 0 Å². The van der Waals surface area contributed by atoms with Gasteiger partial charge in [-0.15, -0.1) is 0 Å². The van der Waals surface area contributed by atoms with Crippen LogP contribution in [-0.4, -0.2) is 42.2 Å². The first-order chi connectivity index (χ1) is 9.60. The third kappa shape index (κ3) is 3.84. The number of hydrogen-bond donors (Lipinski definition) is 1. The van der Waals surface area contributed by atoms with Gasteiger partial charge in [0.2, 0.25) is 0 Å². The highest BCUT2D eigenvalue weighted by atomic mass is 35.5. The van der Waals surface area contributed by atoms with Crippen LogP contribution < -0.4 is 4.74 Å². The molecule has 4 nitrogen and oxygen atoms in total. The van der Waals surface area contributed by atoms with Crippen molar-refractivity contribution in [2.75, 3.05) is 26.3 Å². The second kappa shape index (κ2) is 6.90. The Morgan fingerprint density at radius 1 is 1.45 bits per heavy atom. The Kier molecular flexibility index (Phi) is 5.20. The minimum absolute atomic E-state index is 0.116. The number of halogens is 2. The predicted molar refractivity (Wildman–Crippen MR) is 73.3 cm³/mol. The smallest absolute Gasteiger partial charge is 0.260 e. The number of amides is 1. The van der Waals surface area contributed by atoms with Crippen molar-refractivity contribution in [2.45, 2.75) is 12.8 Å². The molecule has 1 fully saturated rings. The van der Waals surface area contributed by atoms with Crippen molar-refractivity contribution in [3.05, 3.63) is 29.0 Å². The quantitative estimate of drug-likeness (QED) is 0.926. The number of hydrogen-bond acceptors (Lipinski definition) is 3. The van der Waals surface area contributed by atoms with Crippen molar-refractivity contribution in [1.82, 2.24) is 4.90 Å². The molecule has 20 heavy (non-hydrogen) atoms. The summed E-state index contributed by atoms with van der Waals surface area (Å²) in [7, 11) is 0. The molecule has 110 valence electrons. The third-order valence-electron chi connectivity index (χ3n) is 3.47. The zero-order chi connectivity index (χ0) is 14.5. The molecule has 0 unspecified atom stereocenters. The second-order valence-electron chi connectivity index (χ2n) is 4.87. The van der Waals surface area contributed by atoms with E-state index in [1.807, 2.05) is 0 Å². The Morgan fingerprint density at radius 2 is 2.15 bits per heavy atom. The van der Waals surface area contributed by atoms with Crippen LogP contribution in [0.25, 0.3) is 0 Å². The molecule has 2 rings (SSSR count). The van der Waals surface area contributed by atoms with Gasteiger partial charge in [-0.1, -0.05) is 11.6 Å². The number of carbonyl (C=O) groups excluding carboxylic acids is 1. The summed E-state index contributed by atoms with van der Waals surface area (Å²) in [5.74, 6) is 0.0136. The number of aliphatic hydroxyl groups is 1. The fraction of sp³-hybridized carbons (Fsp3) is 0.500. The zero-order valence-electron chi connectivity index (χ0n) is 11.0. The number of benzene rings is 1. The van der Waals surface area contributed by atoms with Gasteiger partial charge in [-0.3, -0.25) is 4.79 Å².